The van der Waals surface area contributed by atoms with Crippen molar-refractivity contribution in [1.82, 2.24) is 4.90 Å². The molecule has 128 valence electrons. The van der Waals surface area contributed by atoms with E-state index < -0.39 is 0 Å². The van der Waals surface area contributed by atoms with Crippen LogP contribution in [0.15, 0.2) is 48.5 Å². The van der Waals surface area contributed by atoms with Crippen molar-refractivity contribution in [2.75, 3.05) is 20.3 Å². The summed E-state index contributed by atoms with van der Waals surface area (Å²) in [6.07, 6.45) is 1.96. The molecule has 5 nitrogen and oxygen atoms in total. The maximum atomic E-state index is 12.6. The molecule has 0 bridgehead atoms. The number of likely N-dealkylation sites (tertiary alicyclic amines) is 1. The highest BCUT2D eigenvalue weighted by atomic mass is 16.5. The van der Waals surface area contributed by atoms with E-state index in [1.807, 2.05) is 23.1 Å². The lowest BCUT2D eigenvalue weighted by atomic mass is 10.0. The summed E-state index contributed by atoms with van der Waals surface area (Å²) in [7, 11) is 1.51. The van der Waals surface area contributed by atoms with E-state index in [-0.39, 0.29) is 18.6 Å². The lowest BCUT2D eigenvalue weighted by Crippen LogP contribution is -2.34. The number of methoxy groups -OCH3 is 1. The van der Waals surface area contributed by atoms with Gasteiger partial charge in [-0.1, -0.05) is 30.3 Å². The van der Waals surface area contributed by atoms with Gasteiger partial charge in [0.05, 0.1) is 24.8 Å². The van der Waals surface area contributed by atoms with Crippen molar-refractivity contribution in [3.05, 3.63) is 59.7 Å². The van der Waals surface area contributed by atoms with E-state index in [1.54, 1.807) is 18.2 Å². The third-order valence-electron chi connectivity index (χ3n) is 4.40. The van der Waals surface area contributed by atoms with Crippen LogP contribution >= 0.6 is 0 Å². The van der Waals surface area contributed by atoms with Gasteiger partial charge in [-0.2, -0.15) is 5.26 Å². The topological polar surface area (TPSA) is 62.6 Å². The normalized spacial score (nSPS) is 16.3. The smallest absolute Gasteiger partial charge is 0.261 e. The summed E-state index contributed by atoms with van der Waals surface area (Å²) < 4.78 is 10.9. The Morgan fingerprint density at radius 1 is 1.24 bits per heavy atom. The lowest BCUT2D eigenvalue weighted by Gasteiger charge is -2.25. The molecule has 0 aliphatic carbocycles. The summed E-state index contributed by atoms with van der Waals surface area (Å²) in [6, 6.07) is 17.1. The van der Waals surface area contributed by atoms with Crippen LogP contribution in [0.4, 0.5) is 0 Å². The number of carbonyl (C=O) groups excluding carboxylic acids is 1. The first-order valence-corrected chi connectivity index (χ1v) is 8.28. The number of hydrogen-bond acceptors (Lipinski definition) is 4. The molecule has 3 rings (SSSR count). The average Bonchev–Trinajstić information content (AvgIpc) is 3.16. The van der Waals surface area contributed by atoms with Crippen LogP contribution in [0, 0.1) is 11.3 Å². The SMILES string of the molecule is COc1cc(C#N)ccc1OCC(=O)N1CCCC1c1ccccc1. The van der Waals surface area contributed by atoms with Crippen LogP contribution < -0.4 is 9.47 Å². The molecule has 0 N–H and O–H groups in total. The minimum Gasteiger partial charge on any atom is -0.493 e. The first-order valence-electron chi connectivity index (χ1n) is 8.28. The summed E-state index contributed by atoms with van der Waals surface area (Å²) in [6.45, 7) is 0.692. The highest BCUT2D eigenvalue weighted by molar-refractivity contribution is 5.78. The fraction of sp³-hybridized carbons (Fsp3) is 0.300. The zero-order valence-electron chi connectivity index (χ0n) is 14.1. The zero-order valence-corrected chi connectivity index (χ0v) is 14.1. The molecule has 1 atom stereocenters. The van der Waals surface area contributed by atoms with Crippen LogP contribution in [0.25, 0.3) is 0 Å². The van der Waals surface area contributed by atoms with E-state index in [9.17, 15) is 4.79 Å². The monoisotopic (exact) mass is 336 g/mol. The van der Waals surface area contributed by atoms with Crippen LogP contribution in [0.3, 0.4) is 0 Å². The molecule has 25 heavy (non-hydrogen) atoms. The molecule has 1 aliphatic rings. The van der Waals surface area contributed by atoms with Crippen LogP contribution in [0.1, 0.15) is 30.0 Å². The Morgan fingerprint density at radius 3 is 2.76 bits per heavy atom. The van der Waals surface area contributed by atoms with E-state index in [0.29, 0.717) is 17.1 Å². The number of hydrogen-bond donors (Lipinski definition) is 0. The van der Waals surface area contributed by atoms with Gasteiger partial charge >= 0.3 is 0 Å². The van der Waals surface area contributed by atoms with Crippen molar-refractivity contribution in [1.29, 1.82) is 5.26 Å². The number of ether oxygens (including phenoxy) is 2. The Bertz CT molecular complexity index is 783. The molecule has 1 unspecified atom stereocenters. The summed E-state index contributed by atoms with van der Waals surface area (Å²) in [5.74, 6) is 0.871. The largest absolute Gasteiger partial charge is 0.493 e. The van der Waals surface area contributed by atoms with Gasteiger partial charge < -0.3 is 14.4 Å². The van der Waals surface area contributed by atoms with Gasteiger partial charge in [0.25, 0.3) is 5.91 Å². The predicted octanol–water partition coefficient (Wildman–Crippen LogP) is 3.31. The minimum atomic E-state index is -0.0500. The number of nitriles is 1. The highest BCUT2D eigenvalue weighted by Crippen LogP contribution is 2.32. The van der Waals surface area contributed by atoms with Crippen molar-refractivity contribution < 1.29 is 14.3 Å². The predicted molar refractivity (Wildman–Crippen MR) is 93.3 cm³/mol. The summed E-state index contributed by atoms with van der Waals surface area (Å²) in [5, 5.41) is 8.94. The molecule has 1 heterocycles. The van der Waals surface area contributed by atoms with Crippen LogP contribution in [0.2, 0.25) is 0 Å². The van der Waals surface area contributed by atoms with Crippen molar-refractivity contribution in [2.45, 2.75) is 18.9 Å². The maximum absolute atomic E-state index is 12.6. The summed E-state index contributed by atoms with van der Waals surface area (Å²) in [5.41, 5.74) is 1.64. The van der Waals surface area contributed by atoms with Crippen molar-refractivity contribution in [2.24, 2.45) is 0 Å². The van der Waals surface area contributed by atoms with Crippen LogP contribution in [-0.4, -0.2) is 31.1 Å². The second-order valence-corrected chi connectivity index (χ2v) is 5.92. The standard InChI is InChI=1S/C20H20N2O3/c1-24-19-12-15(13-21)9-10-18(19)25-14-20(23)22-11-5-8-17(22)16-6-3-2-4-7-16/h2-4,6-7,9-10,12,17H,5,8,11,14H2,1H3. The second kappa shape index (κ2) is 7.71. The number of rotatable bonds is 5. The molecule has 0 spiro atoms. The first-order chi connectivity index (χ1) is 12.2. The number of benzene rings is 2. The minimum absolute atomic E-state index is 0.0437. The van der Waals surface area contributed by atoms with Crippen molar-refractivity contribution in [3.63, 3.8) is 0 Å². The van der Waals surface area contributed by atoms with Crippen LogP contribution in [0.5, 0.6) is 11.5 Å². The van der Waals surface area contributed by atoms with Gasteiger partial charge in [0.15, 0.2) is 18.1 Å². The van der Waals surface area contributed by atoms with E-state index in [1.165, 1.54) is 7.11 Å². The molecule has 0 aromatic heterocycles. The number of amides is 1. The van der Waals surface area contributed by atoms with Gasteiger partial charge in [0.1, 0.15) is 0 Å². The lowest BCUT2D eigenvalue weighted by molar-refractivity contribution is -0.134. The maximum Gasteiger partial charge on any atom is 0.261 e. The fourth-order valence-corrected chi connectivity index (χ4v) is 3.17. The summed E-state index contributed by atoms with van der Waals surface area (Å²) in [4.78, 5) is 14.5. The van der Waals surface area contributed by atoms with Crippen molar-refractivity contribution >= 4 is 5.91 Å². The van der Waals surface area contributed by atoms with E-state index >= 15 is 0 Å². The van der Waals surface area contributed by atoms with Crippen LogP contribution in [-0.2, 0) is 4.79 Å². The Balaban J connectivity index is 1.67. The molecular formula is C20H20N2O3. The molecule has 0 radical (unpaired) electrons. The Labute approximate surface area is 147 Å². The summed E-state index contributed by atoms with van der Waals surface area (Å²) >= 11 is 0. The molecule has 5 heteroatoms. The third-order valence-corrected chi connectivity index (χ3v) is 4.40. The Morgan fingerprint density at radius 2 is 2.04 bits per heavy atom. The molecule has 2 aromatic rings. The molecular weight excluding hydrogens is 316 g/mol. The molecule has 1 fully saturated rings. The van der Waals surface area contributed by atoms with Gasteiger partial charge in [0.2, 0.25) is 0 Å². The van der Waals surface area contributed by atoms with Crippen molar-refractivity contribution in [3.8, 4) is 17.6 Å². The number of nitrogens with zero attached hydrogens (tertiary/aromatic N) is 2. The van der Waals surface area contributed by atoms with Gasteiger partial charge in [-0.05, 0) is 30.5 Å². The fourth-order valence-electron chi connectivity index (χ4n) is 3.17. The third kappa shape index (κ3) is 3.74. The second-order valence-electron chi connectivity index (χ2n) is 5.92. The zero-order chi connectivity index (χ0) is 17.6. The molecule has 1 saturated heterocycles. The first kappa shape index (κ1) is 16.8. The molecule has 1 aliphatic heterocycles. The van der Waals surface area contributed by atoms with E-state index in [0.717, 1.165) is 24.9 Å². The van der Waals surface area contributed by atoms with E-state index in [4.69, 9.17) is 14.7 Å². The molecule has 0 saturated carbocycles. The van der Waals surface area contributed by atoms with Gasteiger partial charge in [-0.3, -0.25) is 4.79 Å². The Kier molecular flexibility index (Phi) is 5.20. The Hall–Kier alpha value is -3.00. The van der Waals surface area contributed by atoms with E-state index in [2.05, 4.69) is 18.2 Å². The van der Waals surface area contributed by atoms with Gasteiger partial charge in [-0.25, -0.2) is 0 Å². The molecule has 2 aromatic carbocycles. The quantitative estimate of drug-likeness (QED) is 0.840. The average molecular weight is 336 g/mol. The van der Waals surface area contributed by atoms with Gasteiger partial charge in [0, 0.05) is 12.6 Å². The van der Waals surface area contributed by atoms with Gasteiger partial charge in [-0.15, -0.1) is 0 Å². The highest BCUT2D eigenvalue weighted by Gasteiger charge is 2.30. The number of carbonyl (C=O) groups is 1. The molecule has 1 amide bonds.